The van der Waals surface area contributed by atoms with Crippen LogP contribution in [0, 0.1) is 0 Å². The number of aliphatic carboxylic acids is 2. The number of allylic oxidation sites excluding steroid dienone is 1. The lowest BCUT2D eigenvalue weighted by molar-refractivity contribution is -0.147. The molecule has 0 unspecified atom stereocenters. The van der Waals surface area contributed by atoms with E-state index in [1.54, 1.807) is 6.08 Å². The number of rotatable bonds is 58. The molecule has 0 saturated heterocycles. The summed E-state index contributed by atoms with van der Waals surface area (Å²) in [5.41, 5.74) is 0. The first-order valence-corrected chi connectivity index (χ1v) is 32.1. The number of nitrogens with one attached hydrogen (secondary N) is 5. The van der Waals surface area contributed by atoms with Gasteiger partial charge in [0, 0.05) is 25.7 Å². The van der Waals surface area contributed by atoms with Crippen LogP contribution in [0.4, 0.5) is 0 Å². The van der Waals surface area contributed by atoms with Crippen molar-refractivity contribution in [3.63, 3.8) is 0 Å². The minimum Gasteiger partial charge on any atom is -0.480 e. The fourth-order valence-corrected chi connectivity index (χ4v) is 9.22. The van der Waals surface area contributed by atoms with Crippen LogP contribution in [0.15, 0.2) is 12.2 Å². The number of nitrogens with zero attached hydrogens (tertiary/aromatic N) is 2. The highest BCUT2D eigenvalue weighted by Gasteiger charge is 2.25. The van der Waals surface area contributed by atoms with Crippen LogP contribution in [-0.4, -0.2) is 173 Å². The number of hydrogen-bond acceptors (Lipinski definition) is 15. The third kappa shape index (κ3) is 50.1. The number of aliphatic hydroxyl groups is 1. The number of carbonyl (C=O) groups excluding carboxylic acids is 11. The highest BCUT2D eigenvalue weighted by Crippen LogP contribution is 2.16. The Kier molecular flexibility index (Phi) is 49.6. The normalized spacial score (nSPS) is 11.7. The lowest BCUT2D eigenvalue weighted by Gasteiger charge is -2.22. The summed E-state index contributed by atoms with van der Waals surface area (Å²) in [5.74, 6) is -10.8. The van der Waals surface area contributed by atoms with Gasteiger partial charge in [0.25, 0.3) is 0 Å². The zero-order valence-electron chi connectivity index (χ0n) is 52.7. The summed E-state index contributed by atoms with van der Waals surface area (Å²) >= 11 is 0. The second-order valence-electron chi connectivity index (χ2n) is 22.5. The molecule has 0 heterocycles. The number of carboxylic acid groups (broad SMARTS) is 2. The molecule has 0 rings (SSSR count). The summed E-state index contributed by atoms with van der Waals surface area (Å²) in [4.78, 5) is 161. The molecule has 0 aliphatic carbocycles. The molecule has 0 aliphatic heterocycles. The molecule has 0 aromatic carbocycles. The number of hydrogen-bond donors (Lipinski definition) is 8. The van der Waals surface area contributed by atoms with Crippen LogP contribution < -0.4 is 26.6 Å². The van der Waals surface area contributed by atoms with Gasteiger partial charge >= 0.3 is 17.9 Å². The molecule has 0 fully saturated rings. The van der Waals surface area contributed by atoms with Crippen molar-refractivity contribution in [2.75, 3.05) is 59.0 Å². The number of ketones is 3. The number of ether oxygens (including phenoxy) is 1. The van der Waals surface area contributed by atoms with Crippen molar-refractivity contribution < 1.29 is 82.4 Å². The van der Waals surface area contributed by atoms with Gasteiger partial charge in [-0.3, -0.25) is 62.3 Å². The van der Waals surface area contributed by atoms with Crippen LogP contribution in [0.5, 0.6) is 0 Å². The number of Topliss-reactive ketones (excluding diaryl/α,β-unsaturated/α-hetero) is 3. The number of amides is 7. The third-order valence-corrected chi connectivity index (χ3v) is 14.2. The molecule has 0 aromatic heterocycles. The molecular formula is C63H107N7O17. The second kappa shape index (κ2) is 53.6. The Morgan fingerprint density at radius 2 is 0.816 bits per heavy atom. The van der Waals surface area contributed by atoms with E-state index < -0.39 is 154 Å². The fraction of sp³-hybridized carbons (Fsp3) is 0.762. The van der Waals surface area contributed by atoms with Crippen molar-refractivity contribution in [1.29, 1.82) is 0 Å². The van der Waals surface area contributed by atoms with Gasteiger partial charge in [0.05, 0.1) is 64.3 Å². The van der Waals surface area contributed by atoms with Gasteiger partial charge in [-0.25, -0.2) is 0 Å². The monoisotopic (exact) mass is 1230 g/mol. The van der Waals surface area contributed by atoms with Crippen LogP contribution in [0.25, 0.3) is 0 Å². The second-order valence-corrected chi connectivity index (χ2v) is 22.5. The highest BCUT2D eigenvalue weighted by atomic mass is 16.5. The van der Waals surface area contributed by atoms with Gasteiger partial charge < -0.3 is 56.4 Å². The molecule has 0 bridgehead atoms. The summed E-state index contributed by atoms with van der Waals surface area (Å²) in [6.07, 6.45) is 32.5. The van der Waals surface area contributed by atoms with Crippen molar-refractivity contribution in [2.45, 2.75) is 251 Å². The molecule has 496 valence electrons. The van der Waals surface area contributed by atoms with Gasteiger partial charge in [0.1, 0.15) is 25.5 Å². The molecule has 0 aliphatic rings. The Balaban J connectivity index is 5.04. The summed E-state index contributed by atoms with van der Waals surface area (Å²) in [6, 6.07) is -0.935. The smallest absolute Gasteiger partial charge is 0.323 e. The first-order chi connectivity index (χ1) is 41.7. The maximum atomic E-state index is 13.1. The van der Waals surface area contributed by atoms with Crippen molar-refractivity contribution in [3.8, 4) is 0 Å². The van der Waals surface area contributed by atoms with E-state index in [1.165, 1.54) is 129 Å². The van der Waals surface area contributed by atoms with E-state index in [0.29, 0.717) is 16.2 Å². The summed E-state index contributed by atoms with van der Waals surface area (Å²) in [5, 5.41) is 41.4. The molecule has 0 radical (unpaired) electrons. The zero-order valence-corrected chi connectivity index (χ0v) is 52.7. The van der Waals surface area contributed by atoms with E-state index in [4.69, 9.17) is 4.74 Å². The predicted octanol–water partition coefficient (Wildman–Crippen LogP) is 6.25. The Hall–Kier alpha value is -6.59. The van der Waals surface area contributed by atoms with E-state index in [0.717, 1.165) is 44.9 Å². The maximum Gasteiger partial charge on any atom is 0.323 e. The topological polar surface area (TPSA) is 358 Å². The fourth-order valence-electron chi connectivity index (χ4n) is 9.22. The predicted molar refractivity (Wildman–Crippen MR) is 328 cm³/mol. The highest BCUT2D eigenvalue weighted by molar-refractivity contribution is 5.98. The van der Waals surface area contributed by atoms with Gasteiger partial charge in [-0.2, -0.15) is 0 Å². The zero-order chi connectivity index (χ0) is 64.9. The quantitative estimate of drug-likeness (QED) is 0.0144. The van der Waals surface area contributed by atoms with E-state index in [-0.39, 0.29) is 38.2 Å². The molecule has 0 aromatic rings. The first-order valence-electron chi connectivity index (χ1n) is 32.1. The van der Waals surface area contributed by atoms with Crippen LogP contribution >= 0.6 is 0 Å². The first kappa shape index (κ1) is 80.4. The number of carbonyl (C=O) groups is 13. The molecule has 0 spiro atoms. The Bertz CT molecular complexity index is 2100. The molecule has 0 saturated carbocycles. The minimum absolute atomic E-state index is 0.134. The van der Waals surface area contributed by atoms with E-state index in [2.05, 4.69) is 40.4 Å². The SMILES string of the molecule is CCCCCCCCCCCCC/C=C/[C@@H](O)[C@@H](COC(=O)CCC(=O)NCC(=O)NCC(=O)N(CC(=O)O)CC(=O)CCCC(=O)CN(CC(=O)O)C(=O)CNC(=O)CNC(=O)CC(C)=O)NC(=O)CCCCCCCCCCCCCCCCC. The van der Waals surface area contributed by atoms with Crippen LogP contribution in [0.3, 0.4) is 0 Å². The summed E-state index contributed by atoms with van der Waals surface area (Å²) < 4.78 is 5.40. The third-order valence-electron chi connectivity index (χ3n) is 14.2. The van der Waals surface area contributed by atoms with Crippen molar-refractivity contribution in [1.82, 2.24) is 36.4 Å². The van der Waals surface area contributed by atoms with Gasteiger partial charge in [-0.05, 0) is 32.6 Å². The van der Waals surface area contributed by atoms with Gasteiger partial charge in [0.15, 0.2) is 11.6 Å². The van der Waals surface area contributed by atoms with Crippen molar-refractivity contribution >= 4 is 76.6 Å². The summed E-state index contributed by atoms with van der Waals surface area (Å²) in [6.45, 7) is -0.676. The van der Waals surface area contributed by atoms with E-state index in [9.17, 15) is 77.6 Å². The average molecular weight is 1230 g/mol. The number of esters is 1. The molecule has 2 atom stereocenters. The van der Waals surface area contributed by atoms with Crippen LogP contribution in [-0.2, 0) is 67.1 Å². The molecule has 7 amide bonds. The van der Waals surface area contributed by atoms with Gasteiger partial charge in [-0.15, -0.1) is 0 Å². The van der Waals surface area contributed by atoms with E-state index >= 15 is 0 Å². The average Bonchev–Trinajstić information content (AvgIpc) is 3.52. The largest absolute Gasteiger partial charge is 0.480 e. The van der Waals surface area contributed by atoms with Gasteiger partial charge in [-0.1, -0.05) is 180 Å². The van der Waals surface area contributed by atoms with E-state index in [1.807, 2.05) is 6.08 Å². The molecule has 24 heteroatoms. The Morgan fingerprint density at radius 3 is 1.23 bits per heavy atom. The van der Waals surface area contributed by atoms with Crippen LogP contribution in [0.2, 0.25) is 0 Å². The lowest BCUT2D eigenvalue weighted by Crippen LogP contribution is -2.46. The Labute approximate surface area is 516 Å². The molecule has 24 nitrogen and oxygen atoms in total. The molecule has 87 heavy (non-hydrogen) atoms. The Morgan fingerprint density at radius 1 is 0.425 bits per heavy atom. The van der Waals surface area contributed by atoms with Gasteiger partial charge in [0.2, 0.25) is 41.4 Å². The standard InChI is InChI=1S/C63H107N7O17/c1-4-6-8-10-12-14-16-18-19-21-23-25-27-29-31-36-55(76)68-52(53(74)35-30-28-26-24-22-20-17-15-13-11-9-7-5-2)48-87-63(86)38-37-54(75)64-40-57(78)66-42-59(80)69(46-61(82)83)44-50(72)33-32-34-51(73)45-70(47-62(84)85)60(81)43-67-58(79)41-65-56(77)39-49(3)71/h30,35,52-53,74H,4-29,31-34,36-48H2,1-3H3,(H,64,75)(H,65,77)(H,66,78)(H,67,79)(H,68,76)(H,82,83)(H,84,85)/b35-30+/t52-,53-/m1/s1. The maximum absolute atomic E-state index is 13.1. The van der Waals surface area contributed by atoms with Crippen molar-refractivity contribution in [2.24, 2.45) is 0 Å². The lowest BCUT2D eigenvalue weighted by atomic mass is 10.0. The minimum atomic E-state index is -1.48. The number of unbranched alkanes of at least 4 members (excludes halogenated alkanes) is 25. The summed E-state index contributed by atoms with van der Waals surface area (Å²) in [7, 11) is 0. The van der Waals surface area contributed by atoms with Crippen molar-refractivity contribution in [3.05, 3.63) is 12.2 Å². The molecule has 8 N–H and O–H groups in total. The molecular weight excluding hydrogens is 1130 g/mol. The van der Waals surface area contributed by atoms with Crippen LogP contribution in [0.1, 0.15) is 239 Å². The number of aliphatic hydroxyl groups excluding tert-OH is 1. The number of carboxylic acids is 2.